The molecule has 0 radical (unpaired) electrons. The number of rotatable bonds is 6. The van der Waals surface area contributed by atoms with Crippen molar-refractivity contribution in [2.24, 2.45) is 5.73 Å². The first kappa shape index (κ1) is 29.2. The number of nitrogens with zero attached hydrogens (tertiary/aromatic N) is 2. The number of hydrogen-bond acceptors (Lipinski definition) is 9. The second-order valence-electron chi connectivity index (χ2n) is 7.36. The van der Waals surface area contributed by atoms with Crippen molar-refractivity contribution in [2.75, 3.05) is 0 Å². The molecular weight excluding hydrogens is 569 g/mol. The van der Waals surface area contributed by atoms with Crippen LogP contribution in [-0.4, -0.2) is 15.8 Å². The zero-order valence-corrected chi connectivity index (χ0v) is 23.5. The molecule has 5 aromatic rings. The van der Waals surface area contributed by atoms with Crippen LogP contribution in [0.1, 0.15) is 27.4 Å². The van der Waals surface area contributed by atoms with Crippen molar-refractivity contribution in [3.8, 4) is 34.0 Å². The molecule has 0 spiro atoms. The van der Waals surface area contributed by atoms with Gasteiger partial charge < -0.3 is 19.6 Å². The van der Waals surface area contributed by atoms with E-state index in [4.69, 9.17) is 32.0 Å². The van der Waals surface area contributed by atoms with Crippen LogP contribution in [0.25, 0.3) is 28.0 Å². The van der Waals surface area contributed by atoms with Crippen LogP contribution in [0.2, 0.25) is 0 Å². The number of H-pyrrole nitrogens is 1. The average molecular weight is 589 g/mol. The fourth-order valence-electron chi connectivity index (χ4n) is 2.98. The summed E-state index contributed by atoms with van der Waals surface area (Å²) in [7, 11) is 0. The number of nitriles is 2. The van der Waals surface area contributed by atoms with E-state index in [1.54, 1.807) is 60.3 Å². The first-order valence-corrected chi connectivity index (χ1v) is 13.7. The number of thiophene rings is 2. The summed E-state index contributed by atoms with van der Waals surface area (Å²) in [6.07, 6.45) is 6.54. The summed E-state index contributed by atoms with van der Waals surface area (Å²) in [5.74, 6) is 1.35. The molecule has 3 N–H and O–H groups in total. The summed E-state index contributed by atoms with van der Waals surface area (Å²) in [6.45, 7) is 0. The minimum absolute atomic E-state index is 0.0106. The number of aromatic nitrogens is 1. The third-order valence-electron chi connectivity index (χ3n) is 4.68. The molecule has 5 heterocycles. The van der Waals surface area contributed by atoms with Gasteiger partial charge in [-0.15, -0.1) is 22.7 Å². The molecule has 0 aliphatic carbocycles. The van der Waals surface area contributed by atoms with Crippen molar-refractivity contribution >= 4 is 64.0 Å². The Morgan fingerprint density at radius 2 is 1.79 bits per heavy atom. The zero-order valence-electron chi connectivity index (χ0n) is 20.2. The van der Waals surface area contributed by atoms with Crippen LogP contribution >= 0.6 is 47.1 Å². The van der Waals surface area contributed by atoms with Gasteiger partial charge in [-0.2, -0.15) is 10.5 Å². The van der Waals surface area contributed by atoms with Crippen molar-refractivity contribution in [1.29, 1.82) is 10.5 Å². The van der Waals surface area contributed by atoms with E-state index in [-0.39, 0.29) is 17.2 Å². The fraction of sp³-hybridized carbons (Fsp3) is 0.0357. The molecule has 0 aliphatic heterocycles. The van der Waals surface area contributed by atoms with Crippen LogP contribution < -0.4 is 5.73 Å². The molecule has 0 aliphatic rings. The van der Waals surface area contributed by atoms with E-state index >= 15 is 0 Å². The van der Waals surface area contributed by atoms with Gasteiger partial charge in [0.05, 0.1) is 51.0 Å². The number of furan rings is 2. The minimum atomic E-state index is 0.0106. The molecule has 0 aromatic carbocycles. The molecule has 0 saturated heterocycles. The molecular formula is C28H20N4O3S4. The minimum Gasteiger partial charge on any atom is -0.465 e. The molecule has 5 aromatic heterocycles. The van der Waals surface area contributed by atoms with Crippen LogP contribution in [0, 0.1) is 27.3 Å². The molecule has 39 heavy (non-hydrogen) atoms. The van der Waals surface area contributed by atoms with Gasteiger partial charge in [-0.05, 0) is 65.4 Å². The Morgan fingerprint density at radius 3 is 2.33 bits per heavy atom. The number of pyridine rings is 1. The number of ketones is 1. The molecule has 7 nitrogen and oxygen atoms in total. The number of hydrogen-bond donors (Lipinski definition) is 2. The van der Waals surface area contributed by atoms with Gasteiger partial charge in [-0.25, -0.2) is 0 Å². The summed E-state index contributed by atoms with van der Waals surface area (Å²) >= 11 is 12.7. The molecule has 0 atom stereocenters. The monoisotopic (exact) mass is 588 g/mol. The molecule has 11 heteroatoms. The van der Waals surface area contributed by atoms with Crippen molar-refractivity contribution in [3.05, 3.63) is 105 Å². The van der Waals surface area contributed by atoms with Gasteiger partial charge in [-0.1, -0.05) is 36.6 Å². The van der Waals surface area contributed by atoms with Gasteiger partial charge in [-0.3, -0.25) is 4.79 Å². The second-order valence-corrected chi connectivity index (χ2v) is 10.2. The van der Waals surface area contributed by atoms with Crippen LogP contribution in [0.3, 0.4) is 0 Å². The van der Waals surface area contributed by atoms with Crippen molar-refractivity contribution in [2.45, 2.75) is 6.42 Å². The summed E-state index contributed by atoms with van der Waals surface area (Å²) in [5, 5.41) is 20.9. The van der Waals surface area contributed by atoms with Gasteiger partial charge in [0.2, 0.25) is 0 Å². The SMILES string of the molecule is N#CCC(N)=S.N#Cc1c(-c2ccco2)cc(-c2cccs2)[nH]c1=S.O=C(/C=C/c1ccco1)c1cccs1. The molecule has 0 amide bonds. The average Bonchev–Trinajstić information content (AvgIpc) is 3.75. The number of aromatic amines is 1. The highest BCUT2D eigenvalue weighted by Gasteiger charge is 2.12. The smallest absolute Gasteiger partial charge is 0.195 e. The van der Waals surface area contributed by atoms with E-state index in [0.717, 1.165) is 21.0 Å². The van der Waals surface area contributed by atoms with E-state index in [9.17, 15) is 10.1 Å². The van der Waals surface area contributed by atoms with E-state index in [2.05, 4.69) is 23.3 Å². The molecule has 194 valence electrons. The number of carbonyl (C=O) groups excluding carboxylic acids is 1. The third kappa shape index (κ3) is 8.85. The number of nitrogens with two attached hydrogens (primary N) is 1. The summed E-state index contributed by atoms with van der Waals surface area (Å²) in [4.78, 5) is 16.7. The van der Waals surface area contributed by atoms with Gasteiger partial charge in [0.1, 0.15) is 22.2 Å². The molecule has 0 bridgehead atoms. The predicted molar refractivity (Wildman–Crippen MR) is 161 cm³/mol. The van der Waals surface area contributed by atoms with E-state index in [0.29, 0.717) is 21.7 Å². The van der Waals surface area contributed by atoms with E-state index < -0.39 is 0 Å². The van der Waals surface area contributed by atoms with Crippen LogP contribution in [-0.2, 0) is 0 Å². The molecule has 0 unspecified atom stereocenters. The summed E-state index contributed by atoms with van der Waals surface area (Å²) in [5.41, 5.74) is 6.96. The van der Waals surface area contributed by atoms with Gasteiger partial charge in [0, 0.05) is 5.56 Å². The quantitative estimate of drug-likeness (QED) is 0.116. The lowest BCUT2D eigenvalue weighted by Crippen LogP contribution is -2.04. The Labute approximate surface area is 243 Å². The van der Waals surface area contributed by atoms with E-state index in [1.165, 1.54) is 17.4 Å². The predicted octanol–water partition coefficient (Wildman–Crippen LogP) is 8.03. The topological polar surface area (TPSA) is 133 Å². The maximum absolute atomic E-state index is 11.5. The normalized spacial score (nSPS) is 9.90. The number of carbonyl (C=O) groups is 1. The second kappa shape index (κ2) is 15.1. The number of nitrogens with one attached hydrogen (secondary N) is 1. The zero-order chi connectivity index (χ0) is 28.0. The lowest BCUT2D eigenvalue weighted by molar-refractivity contribution is 0.105. The number of thiocarbonyl (C=S) groups is 1. The Kier molecular flexibility index (Phi) is 11.3. The lowest BCUT2D eigenvalue weighted by Gasteiger charge is -2.05. The van der Waals surface area contributed by atoms with Crippen molar-refractivity contribution in [3.63, 3.8) is 0 Å². The highest BCUT2D eigenvalue weighted by Crippen LogP contribution is 2.30. The highest BCUT2D eigenvalue weighted by molar-refractivity contribution is 7.80. The van der Waals surface area contributed by atoms with Gasteiger partial charge >= 0.3 is 0 Å². The molecule has 0 saturated carbocycles. The number of allylic oxidation sites excluding steroid dienone is 1. The van der Waals surface area contributed by atoms with Crippen molar-refractivity contribution in [1.82, 2.24) is 4.98 Å². The Balaban J connectivity index is 0.000000185. The van der Waals surface area contributed by atoms with Crippen LogP contribution in [0.4, 0.5) is 0 Å². The maximum Gasteiger partial charge on any atom is 0.195 e. The molecule has 0 fully saturated rings. The van der Waals surface area contributed by atoms with Gasteiger partial charge in [0.15, 0.2) is 5.78 Å². The first-order valence-electron chi connectivity index (χ1n) is 11.1. The van der Waals surface area contributed by atoms with E-state index in [1.807, 2.05) is 41.1 Å². The van der Waals surface area contributed by atoms with Crippen molar-refractivity contribution < 1.29 is 13.6 Å². The van der Waals surface area contributed by atoms with Gasteiger partial charge in [0.25, 0.3) is 0 Å². The third-order valence-corrected chi connectivity index (χ3v) is 6.92. The Bertz CT molecular complexity index is 1650. The fourth-order valence-corrected chi connectivity index (χ4v) is 4.66. The van der Waals surface area contributed by atoms with Crippen LogP contribution in [0.5, 0.6) is 0 Å². The van der Waals surface area contributed by atoms with Crippen LogP contribution in [0.15, 0.2) is 92.8 Å². The standard InChI is InChI=1S/C14H8N2OS2.C11H8O2S.C3H4N2S/c15-8-10-9(12-3-1-5-17-12)7-11(16-14(10)18)13-4-2-6-19-13;12-10(11-4-2-8-14-11)6-5-9-3-1-7-13-9;4-2-1-3(5)6/h1-7H,(H,16,18);1-8H;1H2,(H2,5,6)/b;6-5+;. The maximum atomic E-state index is 11.5. The summed E-state index contributed by atoms with van der Waals surface area (Å²) in [6, 6.07) is 20.7. The highest BCUT2D eigenvalue weighted by atomic mass is 32.1. The molecule has 5 rings (SSSR count). The summed E-state index contributed by atoms with van der Waals surface area (Å²) < 4.78 is 10.9. The lowest BCUT2D eigenvalue weighted by atomic mass is 10.1. The Hall–Kier alpha value is -4.39. The largest absolute Gasteiger partial charge is 0.465 e. The first-order chi connectivity index (χ1) is 18.9. The Morgan fingerprint density at radius 1 is 1.05 bits per heavy atom.